The van der Waals surface area contributed by atoms with E-state index in [1.165, 1.54) is 0 Å². The Morgan fingerprint density at radius 3 is 2.58 bits per heavy atom. The minimum Gasteiger partial charge on any atom is -0.321 e. The van der Waals surface area contributed by atoms with Gasteiger partial charge in [0.25, 0.3) is 5.91 Å². The van der Waals surface area contributed by atoms with Crippen molar-refractivity contribution >= 4 is 33.1 Å². The summed E-state index contributed by atoms with van der Waals surface area (Å²) < 4.78 is 1.16. The molecule has 7 heteroatoms. The normalized spacial score (nSPS) is 10.9. The largest absolute Gasteiger partial charge is 0.321 e. The average Bonchev–Trinajstić information content (AvgIpc) is 3.21. The number of anilines is 1. The predicted octanol–water partition coefficient (Wildman–Crippen LogP) is 3.64. The van der Waals surface area contributed by atoms with Crippen LogP contribution in [0.3, 0.4) is 0 Å². The fourth-order valence-electron chi connectivity index (χ4n) is 2.38. The highest BCUT2D eigenvalue weighted by Gasteiger charge is 2.13. The lowest BCUT2D eigenvalue weighted by Crippen LogP contribution is -2.13. The number of aromatic amines is 1. The molecule has 0 atom stereocenters. The zero-order valence-electron chi connectivity index (χ0n) is 12.8. The van der Waals surface area contributed by atoms with Crippen molar-refractivity contribution < 1.29 is 4.79 Å². The molecule has 0 aliphatic heterocycles. The molecule has 2 N–H and O–H groups in total. The van der Waals surface area contributed by atoms with Crippen LogP contribution < -0.4 is 5.32 Å². The lowest BCUT2D eigenvalue weighted by molar-refractivity contribution is 0.102. The summed E-state index contributed by atoms with van der Waals surface area (Å²) >= 11 is 1.65. The van der Waals surface area contributed by atoms with Crippen LogP contribution in [-0.4, -0.2) is 26.3 Å². The van der Waals surface area contributed by atoms with Crippen molar-refractivity contribution in [2.75, 3.05) is 5.32 Å². The molecule has 2 aromatic heterocycles. The van der Waals surface area contributed by atoms with E-state index < -0.39 is 0 Å². The average molecular weight is 335 g/mol. The molecule has 0 aliphatic carbocycles. The third-order valence-corrected chi connectivity index (χ3v) is 4.71. The second kappa shape index (κ2) is 5.86. The number of hydrogen-bond acceptors (Lipinski definition) is 5. The number of benzene rings is 2. The molecule has 6 nitrogen and oxygen atoms in total. The predicted molar refractivity (Wildman–Crippen MR) is 94.1 cm³/mol. The Morgan fingerprint density at radius 2 is 1.88 bits per heavy atom. The van der Waals surface area contributed by atoms with Crippen molar-refractivity contribution in [3.05, 3.63) is 59.9 Å². The molecule has 0 radical (unpaired) electrons. The number of amides is 1. The molecule has 4 aromatic rings. The van der Waals surface area contributed by atoms with Crippen molar-refractivity contribution in [3.63, 3.8) is 0 Å². The summed E-state index contributed by atoms with van der Waals surface area (Å²) in [5.41, 5.74) is 3.58. The van der Waals surface area contributed by atoms with Crippen molar-refractivity contribution in [3.8, 4) is 10.6 Å². The van der Waals surface area contributed by atoms with Gasteiger partial charge in [0.05, 0.1) is 15.9 Å². The van der Waals surface area contributed by atoms with Crippen molar-refractivity contribution in [2.24, 2.45) is 0 Å². The van der Waals surface area contributed by atoms with Crippen LogP contribution in [0.25, 0.3) is 20.8 Å². The van der Waals surface area contributed by atoms with Crippen LogP contribution in [-0.2, 0) is 0 Å². The zero-order chi connectivity index (χ0) is 16.5. The first kappa shape index (κ1) is 14.5. The van der Waals surface area contributed by atoms with Crippen molar-refractivity contribution in [1.82, 2.24) is 20.4 Å². The van der Waals surface area contributed by atoms with Crippen LogP contribution >= 0.6 is 11.3 Å². The van der Waals surface area contributed by atoms with E-state index >= 15 is 0 Å². The number of para-hydroxylation sites is 1. The number of hydrogen-bond donors (Lipinski definition) is 2. The molecule has 4 rings (SSSR count). The molecule has 2 heterocycles. The standard InChI is InChI=1S/C17H13N5OS/c1-10-15(21-22-20-10)16(23)18-12-8-6-11(7-9-12)17-19-13-4-2-3-5-14(13)24-17/h2-9H,1H3,(H,18,23)(H,20,21,22). The maximum Gasteiger partial charge on any atom is 0.278 e. The van der Waals surface area contributed by atoms with E-state index in [4.69, 9.17) is 0 Å². The van der Waals surface area contributed by atoms with Crippen molar-refractivity contribution in [2.45, 2.75) is 6.92 Å². The third kappa shape index (κ3) is 2.65. The van der Waals surface area contributed by atoms with E-state index in [1.54, 1.807) is 18.3 Å². The molecule has 0 aliphatic rings. The zero-order valence-corrected chi connectivity index (χ0v) is 13.6. The Hall–Kier alpha value is -3.06. The van der Waals surface area contributed by atoms with E-state index in [9.17, 15) is 4.79 Å². The maximum atomic E-state index is 12.1. The maximum absolute atomic E-state index is 12.1. The van der Waals surface area contributed by atoms with Gasteiger partial charge in [0.2, 0.25) is 0 Å². The highest BCUT2D eigenvalue weighted by Crippen LogP contribution is 2.30. The van der Waals surface area contributed by atoms with E-state index in [1.807, 2.05) is 42.5 Å². The summed E-state index contributed by atoms with van der Waals surface area (Å²) in [7, 11) is 0. The fraction of sp³-hybridized carbons (Fsp3) is 0.0588. The number of carbonyl (C=O) groups is 1. The van der Waals surface area contributed by atoms with Gasteiger partial charge in [-0.25, -0.2) is 4.98 Å². The highest BCUT2D eigenvalue weighted by molar-refractivity contribution is 7.21. The van der Waals surface area contributed by atoms with Crippen LogP contribution in [0.2, 0.25) is 0 Å². The van der Waals surface area contributed by atoms with Gasteiger partial charge < -0.3 is 5.32 Å². The molecule has 2 aromatic carbocycles. The third-order valence-electron chi connectivity index (χ3n) is 3.62. The number of fused-ring (bicyclic) bond motifs is 1. The first-order valence-electron chi connectivity index (χ1n) is 7.35. The highest BCUT2D eigenvalue weighted by atomic mass is 32.1. The quantitative estimate of drug-likeness (QED) is 0.599. The Kier molecular flexibility index (Phi) is 3.55. The molecule has 0 saturated heterocycles. The number of rotatable bonds is 3. The smallest absolute Gasteiger partial charge is 0.278 e. The molecule has 118 valence electrons. The summed E-state index contributed by atoms with van der Waals surface area (Å²) in [6.45, 7) is 1.73. The lowest BCUT2D eigenvalue weighted by atomic mass is 10.2. The van der Waals surface area contributed by atoms with Crippen LogP contribution in [0.5, 0.6) is 0 Å². The molecule has 0 unspecified atom stereocenters. The number of nitrogens with one attached hydrogen (secondary N) is 2. The van der Waals surface area contributed by atoms with E-state index in [-0.39, 0.29) is 5.91 Å². The van der Waals surface area contributed by atoms with Crippen LogP contribution in [0.15, 0.2) is 48.5 Å². The van der Waals surface area contributed by atoms with Gasteiger partial charge in [0, 0.05) is 11.3 Å². The molecule has 0 fully saturated rings. The molecule has 0 spiro atoms. The van der Waals surface area contributed by atoms with Gasteiger partial charge in [-0.05, 0) is 43.3 Å². The molecule has 0 saturated carbocycles. The van der Waals surface area contributed by atoms with Crippen LogP contribution in [0.4, 0.5) is 5.69 Å². The van der Waals surface area contributed by atoms with E-state index in [2.05, 4.69) is 31.8 Å². The summed E-state index contributed by atoms with van der Waals surface area (Å²) in [5.74, 6) is -0.283. The van der Waals surface area contributed by atoms with Gasteiger partial charge in [0.15, 0.2) is 5.69 Å². The second-order valence-electron chi connectivity index (χ2n) is 5.28. The Bertz CT molecular complexity index is 986. The number of carbonyl (C=O) groups excluding carboxylic acids is 1. The SMILES string of the molecule is Cc1n[nH]nc1C(=O)Nc1ccc(-c2nc3ccccc3s2)cc1. The number of nitrogens with zero attached hydrogens (tertiary/aromatic N) is 3. The number of aromatic nitrogens is 4. The number of H-pyrrole nitrogens is 1. The van der Waals surface area contributed by atoms with Gasteiger partial charge in [-0.1, -0.05) is 12.1 Å². The Morgan fingerprint density at radius 1 is 1.08 bits per heavy atom. The summed E-state index contributed by atoms with van der Waals surface area (Å²) in [6, 6.07) is 15.7. The monoisotopic (exact) mass is 335 g/mol. The minimum atomic E-state index is -0.283. The van der Waals surface area contributed by atoms with E-state index in [0.717, 1.165) is 20.8 Å². The molecule has 0 bridgehead atoms. The van der Waals surface area contributed by atoms with Crippen molar-refractivity contribution in [1.29, 1.82) is 0 Å². The van der Waals surface area contributed by atoms with Crippen LogP contribution in [0, 0.1) is 6.92 Å². The van der Waals surface area contributed by atoms with Gasteiger partial charge in [-0.2, -0.15) is 15.4 Å². The number of aryl methyl sites for hydroxylation is 1. The van der Waals surface area contributed by atoms with Gasteiger partial charge >= 0.3 is 0 Å². The van der Waals surface area contributed by atoms with Gasteiger partial charge in [-0.3, -0.25) is 4.79 Å². The Labute approximate surface area is 141 Å². The minimum absolute atomic E-state index is 0.283. The summed E-state index contributed by atoms with van der Waals surface area (Å²) in [6.07, 6.45) is 0. The number of thiazole rings is 1. The van der Waals surface area contributed by atoms with Gasteiger partial charge in [-0.15, -0.1) is 11.3 Å². The fourth-order valence-corrected chi connectivity index (χ4v) is 3.35. The first-order chi connectivity index (χ1) is 11.7. The lowest BCUT2D eigenvalue weighted by Gasteiger charge is -2.04. The first-order valence-corrected chi connectivity index (χ1v) is 8.17. The van der Waals surface area contributed by atoms with Crippen LogP contribution in [0.1, 0.15) is 16.2 Å². The molecule has 24 heavy (non-hydrogen) atoms. The molecule has 1 amide bonds. The second-order valence-corrected chi connectivity index (χ2v) is 6.31. The summed E-state index contributed by atoms with van der Waals surface area (Å²) in [5, 5.41) is 13.9. The van der Waals surface area contributed by atoms with E-state index in [0.29, 0.717) is 17.1 Å². The van der Waals surface area contributed by atoms with Gasteiger partial charge in [0.1, 0.15) is 5.01 Å². The molecular weight excluding hydrogens is 322 g/mol. The topological polar surface area (TPSA) is 83.6 Å². The summed E-state index contributed by atoms with van der Waals surface area (Å²) in [4.78, 5) is 16.8. The molecular formula is C17H13N5OS. The Balaban J connectivity index is 1.56.